The SMILES string of the molecule is C=C(C)CN1C(=O)OC[C@@H]1Cc1ccccc1. The third kappa shape index (κ3) is 2.87. The lowest BCUT2D eigenvalue weighted by Gasteiger charge is -2.21. The van der Waals surface area contributed by atoms with E-state index in [1.165, 1.54) is 5.56 Å². The molecule has 1 aliphatic rings. The Morgan fingerprint density at radius 1 is 1.47 bits per heavy atom. The summed E-state index contributed by atoms with van der Waals surface area (Å²) in [6.45, 7) is 6.82. The van der Waals surface area contributed by atoms with Crippen LogP contribution < -0.4 is 0 Å². The van der Waals surface area contributed by atoms with Crippen molar-refractivity contribution in [2.24, 2.45) is 0 Å². The average molecular weight is 231 g/mol. The van der Waals surface area contributed by atoms with Crippen molar-refractivity contribution in [2.75, 3.05) is 13.2 Å². The Morgan fingerprint density at radius 3 is 2.82 bits per heavy atom. The molecule has 90 valence electrons. The fourth-order valence-electron chi connectivity index (χ4n) is 2.03. The fourth-order valence-corrected chi connectivity index (χ4v) is 2.03. The van der Waals surface area contributed by atoms with Crippen LogP contribution >= 0.6 is 0 Å². The summed E-state index contributed by atoms with van der Waals surface area (Å²) in [5.74, 6) is 0. The van der Waals surface area contributed by atoms with E-state index < -0.39 is 0 Å². The minimum Gasteiger partial charge on any atom is -0.447 e. The summed E-state index contributed by atoms with van der Waals surface area (Å²) in [5, 5.41) is 0. The number of amides is 1. The maximum Gasteiger partial charge on any atom is 0.410 e. The molecule has 0 saturated carbocycles. The van der Waals surface area contributed by atoms with Crippen LogP contribution in [0.2, 0.25) is 0 Å². The van der Waals surface area contributed by atoms with Crippen LogP contribution in [0.5, 0.6) is 0 Å². The van der Waals surface area contributed by atoms with E-state index >= 15 is 0 Å². The molecule has 0 N–H and O–H groups in total. The third-order valence-electron chi connectivity index (χ3n) is 2.83. The van der Waals surface area contributed by atoms with Gasteiger partial charge >= 0.3 is 6.09 Å². The van der Waals surface area contributed by atoms with Gasteiger partial charge in [0.05, 0.1) is 6.04 Å². The monoisotopic (exact) mass is 231 g/mol. The van der Waals surface area contributed by atoms with Gasteiger partial charge in [-0.1, -0.05) is 42.5 Å². The number of rotatable bonds is 4. The van der Waals surface area contributed by atoms with Gasteiger partial charge in [-0.25, -0.2) is 4.79 Å². The number of hydrogen-bond donors (Lipinski definition) is 0. The largest absolute Gasteiger partial charge is 0.447 e. The molecule has 0 unspecified atom stereocenters. The van der Waals surface area contributed by atoms with Gasteiger partial charge in [0.1, 0.15) is 6.61 Å². The van der Waals surface area contributed by atoms with Crippen molar-refractivity contribution < 1.29 is 9.53 Å². The second kappa shape index (κ2) is 5.04. The van der Waals surface area contributed by atoms with Crippen LogP contribution in [-0.2, 0) is 11.2 Å². The molecule has 0 spiro atoms. The Bertz CT molecular complexity index is 413. The van der Waals surface area contributed by atoms with Gasteiger partial charge in [0.25, 0.3) is 0 Å². The van der Waals surface area contributed by atoms with Gasteiger partial charge in [-0.2, -0.15) is 0 Å². The predicted octanol–water partition coefficient (Wildman–Crippen LogP) is 2.63. The van der Waals surface area contributed by atoms with E-state index in [4.69, 9.17) is 4.74 Å². The number of cyclic esters (lactones) is 1. The standard InChI is InChI=1S/C14H17NO2/c1-11(2)9-15-13(10-17-14(15)16)8-12-6-4-3-5-7-12/h3-7,13H,1,8-10H2,2H3/t13-/m0/s1. The van der Waals surface area contributed by atoms with Crippen LogP contribution in [0.3, 0.4) is 0 Å². The molecule has 1 amide bonds. The van der Waals surface area contributed by atoms with E-state index in [1.807, 2.05) is 25.1 Å². The Hall–Kier alpha value is -1.77. The molecule has 1 heterocycles. The van der Waals surface area contributed by atoms with E-state index in [2.05, 4.69) is 18.7 Å². The van der Waals surface area contributed by atoms with Crippen molar-refractivity contribution in [3.63, 3.8) is 0 Å². The number of benzene rings is 1. The van der Waals surface area contributed by atoms with Crippen molar-refractivity contribution >= 4 is 6.09 Å². The molecule has 0 radical (unpaired) electrons. The van der Waals surface area contributed by atoms with Crippen LogP contribution in [-0.4, -0.2) is 30.2 Å². The lowest BCUT2D eigenvalue weighted by Crippen LogP contribution is -2.36. The van der Waals surface area contributed by atoms with Gasteiger partial charge in [-0.15, -0.1) is 0 Å². The first-order valence-electron chi connectivity index (χ1n) is 5.78. The van der Waals surface area contributed by atoms with Crippen molar-refractivity contribution in [3.05, 3.63) is 48.0 Å². The van der Waals surface area contributed by atoms with E-state index in [0.717, 1.165) is 12.0 Å². The average Bonchev–Trinajstić information content (AvgIpc) is 2.62. The van der Waals surface area contributed by atoms with Crippen molar-refractivity contribution in [2.45, 2.75) is 19.4 Å². The molecule has 0 bridgehead atoms. The number of nitrogens with zero attached hydrogens (tertiary/aromatic N) is 1. The van der Waals surface area contributed by atoms with Crippen LogP contribution in [0.1, 0.15) is 12.5 Å². The second-order valence-corrected chi connectivity index (χ2v) is 4.51. The fraction of sp³-hybridized carbons (Fsp3) is 0.357. The number of carbonyl (C=O) groups is 1. The Morgan fingerprint density at radius 2 is 2.18 bits per heavy atom. The summed E-state index contributed by atoms with van der Waals surface area (Å²) in [7, 11) is 0. The van der Waals surface area contributed by atoms with E-state index in [9.17, 15) is 4.79 Å². The van der Waals surface area contributed by atoms with Crippen LogP contribution in [0.25, 0.3) is 0 Å². The normalized spacial score (nSPS) is 19.2. The molecule has 1 aromatic rings. The smallest absolute Gasteiger partial charge is 0.410 e. The molecule has 0 aromatic heterocycles. The number of carbonyl (C=O) groups excluding carboxylic acids is 1. The Labute approximate surface area is 102 Å². The highest BCUT2D eigenvalue weighted by Crippen LogP contribution is 2.18. The van der Waals surface area contributed by atoms with Crippen molar-refractivity contribution in [1.29, 1.82) is 0 Å². The van der Waals surface area contributed by atoms with Gasteiger partial charge < -0.3 is 4.74 Å². The predicted molar refractivity (Wildman–Crippen MR) is 66.8 cm³/mol. The Kier molecular flexibility index (Phi) is 3.47. The Balaban J connectivity index is 2.05. The molecule has 1 fully saturated rings. The molecular formula is C14H17NO2. The molecule has 17 heavy (non-hydrogen) atoms. The summed E-state index contributed by atoms with van der Waals surface area (Å²) in [5.41, 5.74) is 2.20. The molecule has 3 nitrogen and oxygen atoms in total. The number of ether oxygens (including phenoxy) is 1. The minimum absolute atomic E-state index is 0.126. The minimum atomic E-state index is -0.228. The lowest BCUT2D eigenvalue weighted by atomic mass is 10.1. The highest BCUT2D eigenvalue weighted by Gasteiger charge is 2.32. The molecule has 2 rings (SSSR count). The highest BCUT2D eigenvalue weighted by atomic mass is 16.6. The summed E-state index contributed by atoms with van der Waals surface area (Å²) >= 11 is 0. The van der Waals surface area contributed by atoms with Gasteiger partial charge in [-0.3, -0.25) is 4.90 Å². The molecule has 1 atom stereocenters. The van der Waals surface area contributed by atoms with Crippen molar-refractivity contribution in [3.8, 4) is 0 Å². The second-order valence-electron chi connectivity index (χ2n) is 4.51. The topological polar surface area (TPSA) is 29.5 Å². The molecular weight excluding hydrogens is 214 g/mol. The van der Waals surface area contributed by atoms with Crippen LogP contribution in [0.15, 0.2) is 42.5 Å². The summed E-state index contributed by atoms with van der Waals surface area (Å²) < 4.78 is 5.10. The maximum absolute atomic E-state index is 11.6. The summed E-state index contributed by atoms with van der Waals surface area (Å²) in [6, 6.07) is 10.3. The summed E-state index contributed by atoms with van der Waals surface area (Å²) in [4.78, 5) is 13.3. The number of hydrogen-bond acceptors (Lipinski definition) is 2. The quantitative estimate of drug-likeness (QED) is 0.745. The molecule has 0 aliphatic carbocycles. The first-order chi connectivity index (χ1) is 8.16. The van der Waals surface area contributed by atoms with Gasteiger partial charge in [-0.05, 0) is 18.9 Å². The van der Waals surface area contributed by atoms with Crippen molar-refractivity contribution in [1.82, 2.24) is 4.90 Å². The molecule has 1 saturated heterocycles. The van der Waals surface area contributed by atoms with E-state index in [1.54, 1.807) is 4.90 Å². The zero-order valence-corrected chi connectivity index (χ0v) is 10.1. The van der Waals surface area contributed by atoms with Crippen LogP contribution in [0.4, 0.5) is 4.79 Å². The van der Waals surface area contributed by atoms with Crippen LogP contribution in [0, 0.1) is 0 Å². The first-order valence-corrected chi connectivity index (χ1v) is 5.78. The van der Waals surface area contributed by atoms with Gasteiger partial charge in [0.2, 0.25) is 0 Å². The highest BCUT2D eigenvalue weighted by molar-refractivity contribution is 5.70. The van der Waals surface area contributed by atoms with Gasteiger partial charge in [0.15, 0.2) is 0 Å². The first kappa shape index (κ1) is 11.7. The molecule has 1 aliphatic heterocycles. The third-order valence-corrected chi connectivity index (χ3v) is 2.83. The summed E-state index contributed by atoms with van der Waals surface area (Å²) in [6.07, 6.45) is 0.605. The maximum atomic E-state index is 11.6. The van der Waals surface area contributed by atoms with Gasteiger partial charge in [0, 0.05) is 6.54 Å². The zero-order valence-electron chi connectivity index (χ0n) is 10.1. The molecule has 3 heteroatoms. The lowest BCUT2D eigenvalue weighted by molar-refractivity contribution is 0.160. The zero-order chi connectivity index (χ0) is 12.3. The molecule has 1 aromatic carbocycles. The van der Waals surface area contributed by atoms with E-state index in [0.29, 0.717) is 13.2 Å². The van der Waals surface area contributed by atoms with E-state index in [-0.39, 0.29) is 12.1 Å².